The molecule has 5 heteroatoms. The third-order valence-electron chi connectivity index (χ3n) is 4.28. The molecule has 3 rings (SSSR count). The molecule has 2 aromatic carbocycles. The first-order chi connectivity index (χ1) is 12.3. The second-order valence-corrected chi connectivity index (χ2v) is 6.06. The summed E-state index contributed by atoms with van der Waals surface area (Å²) in [6.07, 6.45) is 4.33. The maximum absolute atomic E-state index is 12.3. The predicted molar refractivity (Wildman–Crippen MR) is 98.5 cm³/mol. The molecule has 0 unspecified atom stereocenters. The average Bonchev–Trinajstić information content (AvgIpc) is 2.67. The molecule has 0 spiro atoms. The number of piperidine rings is 1. The lowest BCUT2D eigenvalue weighted by atomic mass is 10.1. The molecule has 1 aliphatic heterocycles. The van der Waals surface area contributed by atoms with Crippen LogP contribution < -0.4 is 15.0 Å². The highest BCUT2D eigenvalue weighted by atomic mass is 16.5. The molecule has 2 aromatic rings. The van der Waals surface area contributed by atoms with Crippen molar-refractivity contribution < 1.29 is 14.3 Å². The third-order valence-corrected chi connectivity index (χ3v) is 4.28. The number of hydrogen-bond acceptors (Lipinski definition) is 4. The van der Waals surface area contributed by atoms with Crippen LogP contribution in [0.4, 0.5) is 11.4 Å². The van der Waals surface area contributed by atoms with Gasteiger partial charge in [-0.25, -0.2) is 0 Å². The quantitative estimate of drug-likeness (QED) is 0.819. The van der Waals surface area contributed by atoms with E-state index in [4.69, 9.17) is 4.74 Å². The Balaban J connectivity index is 1.64. The summed E-state index contributed by atoms with van der Waals surface area (Å²) < 4.78 is 5.49. The molecule has 130 valence electrons. The molecule has 0 aliphatic carbocycles. The van der Waals surface area contributed by atoms with Crippen LogP contribution in [0.25, 0.3) is 0 Å². The molecule has 0 bridgehead atoms. The lowest BCUT2D eigenvalue weighted by Crippen LogP contribution is -2.31. The number of carbonyl (C=O) groups excluding carboxylic acids is 2. The summed E-state index contributed by atoms with van der Waals surface area (Å²) >= 11 is 0. The second kappa shape index (κ2) is 8.33. The zero-order valence-corrected chi connectivity index (χ0v) is 14.1. The van der Waals surface area contributed by atoms with Gasteiger partial charge in [-0.3, -0.25) is 9.59 Å². The van der Waals surface area contributed by atoms with Crippen LogP contribution in [-0.4, -0.2) is 31.9 Å². The minimum atomic E-state index is -0.245. The number of nitrogens with one attached hydrogen (secondary N) is 1. The molecule has 0 aromatic heterocycles. The van der Waals surface area contributed by atoms with Gasteiger partial charge in [-0.05, 0) is 43.5 Å². The van der Waals surface area contributed by atoms with Crippen LogP contribution in [-0.2, 0) is 4.79 Å². The van der Waals surface area contributed by atoms with Crippen LogP contribution in [0.1, 0.15) is 29.6 Å². The summed E-state index contributed by atoms with van der Waals surface area (Å²) in [5.41, 5.74) is 2.27. The Morgan fingerprint density at radius 3 is 2.56 bits per heavy atom. The standard InChI is InChI=1S/C20H22N2O3/c23-14-16-8-2-5-11-19(16)25-15-20(24)21-17-9-3-4-10-18(17)22-12-6-1-7-13-22/h2-5,8-11,14H,1,6-7,12-13,15H2,(H,21,24). The maximum atomic E-state index is 12.3. The first kappa shape index (κ1) is 17.0. The number of ether oxygens (including phenoxy) is 1. The van der Waals surface area contributed by atoms with Gasteiger partial charge >= 0.3 is 0 Å². The van der Waals surface area contributed by atoms with Gasteiger partial charge in [-0.2, -0.15) is 0 Å². The molecule has 1 amide bonds. The van der Waals surface area contributed by atoms with Crippen molar-refractivity contribution in [2.75, 3.05) is 29.9 Å². The van der Waals surface area contributed by atoms with Crippen LogP contribution in [0, 0.1) is 0 Å². The zero-order valence-electron chi connectivity index (χ0n) is 14.1. The summed E-state index contributed by atoms with van der Waals surface area (Å²) in [4.78, 5) is 25.6. The van der Waals surface area contributed by atoms with E-state index in [1.807, 2.05) is 24.3 Å². The van der Waals surface area contributed by atoms with Gasteiger partial charge in [0.2, 0.25) is 0 Å². The molecule has 0 atom stereocenters. The first-order valence-electron chi connectivity index (χ1n) is 8.59. The number of benzene rings is 2. The van der Waals surface area contributed by atoms with Gasteiger partial charge in [0.1, 0.15) is 5.75 Å². The summed E-state index contributed by atoms with van der Waals surface area (Å²) in [5, 5.41) is 2.92. The van der Waals surface area contributed by atoms with Gasteiger partial charge in [0.05, 0.1) is 16.9 Å². The molecule has 1 saturated heterocycles. The molecule has 1 N–H and O–H groups in total. The van der Waals surface area contributed by atoms with E-state index in [0.717, 1.165) is 30.8 Å². The van der Waals surface area contributed by atoms with E-state index in [2.05, 4.69) is 10.2 Å². The Labute approximate surface area is 147 Å². The van der Waals surface area contributed by atoms with E-state index < -0.39 is 0 Å². The van der Waals surface area contributed by atoms with E-state index in [9.17, 15) is 9.59 Å². The Bertz CT molecular complexity index is 739. The lowest BCUT2D eigenvalue weighted by molar-refractivity contribution is -0.118. The fraction of sp³-hybridized carbons (Fsp3) is 0.300. The number of anilines is 2. The Hall–Kier alpha value is -2.82. The number of rotatable bonds is 6. The van der Waals surface area contributed by atoms with Gasteiger partial charge in [0, 0.05) is 13.1 Å². The predicted octanol–water partition coefficient (Wildman–Crippen LogP) is 3.51. The Morgan fingerprint density at radius 2 is 1.76 bits per heavy atom. The van der Waals surface area contributed by atoms with Crippen LogP contribution in [0.5, 0.6) is 5.75 Å². The molecular weight excluding hydrogens is 316 g/mol. The summed E-state index contributed by atoms with van der Waals surface area (Å²) in [6.45, 7) is 1.88. The number of nitrogens with zero attached hydrogens (tertiary/aromatic N) is 1. The monoisotopic (exact) mass is 338 g/mol. The highest BCUT2D eigenvalue weighted by molar-refractivity contribution is 5.95. The second-order valence-electron chi connectivity index (χ2n) is 6.06. The Kier molecular flexibility index (Phi) is 5.67. The molecule has 1 aliphatic rings. The van der Waals surface area contributed by atoms with Gasteiger partial charge in [0.25, 0.3) is 5.91 Å². The molecule has 25 heavy (non-hydrogen) atoms. The largest absolute Gasteiger partial charge is 0.483 e. The normalized spacial score (nSPS) is 14.0. The number of amides is 1. The lowest BCUT2D eigenvalue weighted by Gasteiger charge is -2.30. The highest BCUT2D eigenvalue weighted by Crippen LogP contribution is 2.28. The summed E-state index contributed by atoms with van der Waals surface area (Å²) in [7, 11) is 0. The zero-order chi connectivity index (χ0) is 17.5. The minimum Gasteiger partial charge on any atom is -0.483 e. The smallest absolute Gasteiger partial charge is 0.262 e. The highest BCUT2D eigenvalue weighted by Gasteiger charge is 2.15. The third kappa shape index (κ3) is 4.38. The summed E-state index contributed by atoms with van der Waals surface area (Å²) in [6, 6.07) is 14.7. The molecular formula is C20H22N2O3. The van der Waals surface area contributed by atoms with Crippen molar-refractivity contribution in [1.82, 2.24) is 0 Å². The van der Waals surface area contributed by atoms with E-state index >= 15 is 0 Å². The van der Waals surface area contributed by atoms with Gasteiger partial charge in [-0.15, -0.1) is 0 Å². The topological polar surface area (TPSA) is 58.6 Å². The summed E-state index contributed by atoms with van der Waals surface area (Å²) in [5.74, 6) is 0.169. The van der Waals surface area contributed by atoms with Crippen molar-refractivity contribution in [3.8, 4) is 5.75 Å². The van der Waals surface area contributed by atoms with E-state index in [1.165, 1.54) is 19.3 Å². The van der Waals surface area contributed by atoms with Crippen molar-refractivity contribution in [2.24, 2.45) is 0 Å². The molecule has 1 fully saturated rings. The molecule has 1 heterocycles. The molecule has 0 saturated carbocycles. The fourth-order valence-electron chi connectivity index (χ4n) is 3.03. The van der Waals surface area contributed by atoms with Crippen molar-refractivity contribution in [1.29, 1.82) is 0 Å². The maximum Gasteiger partial charge on any atom is 0.262 e. The number of aldehydes is 1. The van der Waals surface area contributed by atoms with E-state index in [0.29, 0.717) is 11.3 Å². The molecule has 5 nitrogen and oxygen atoms in total. The SMILES string of the molecule is O=Cc1ccccc1OCC(=O)Nc1ccccc1N1CCCCC1. The van der Waals surface area contributed by atoms with Crippen LogP contribution in [0.3, 0.4) is 0 Å². The van der Waals surface area contributed by atoms with Crippen LogP contribution in [0.15, 0.2) is 48.5 Å². The number of carbonyl (C=O) groups is 2. The number of para-hydroxylation sites is 3. The van der Waals surface area contributed by atoms with Crippen molar-refractivity contribution in [2.45, 2.75) is 19.3 Å². The van der Waals surface area contributed by atoms with Crippen LogP contribution in [0.2, 0.25) is 0 Å². The van der Waals surface area contributed by atoms with Crippen LogP contribution >= 0.6 is 0 Å². The first-order valence-corrected chi connectivity index (χ1v) is 8.59. The van der Waals surface area contributed by atoms with E-state index in [-0.39, 0.29) is 12.5 Å². The van der Waals surface area contributed by atoms with Gasteiger partial charge < -0.3 is 15.0 Å². The fourth-order valence-corrected chi connectivity index (χ4v) is 3.03. The van der Waals surface area contributed by atoms with E-state index in [1.54, 1.807) is 24.3 Å². The number of hydrogen-bond donors (Lipinski definition) is 1. The minimum absolute atomic E-state index is 0.140. The van der Waals surface area contributed by atoms with Gasteiger partial charge in [-0.1, -0.05) is 24.3 Å². The van der Waals surface area contributed by atoms with Gasteiger partial charge in [0.15, 0.2) is 12.9 Å². The molecule has 0 radical (unpaired) electrons. The average molecular weight is 338 g/mol. The van der Waals surface area contributed by atoms with Crippen molar-refractivity contribution >= 4 is 23.6 Å². The van der Waals surface area contributed by atoms with Crippen molar-refractivity contribution in [3.05, 3.63) is 54.1 Å². The Morgan fingerprint density at radius 1 is 1.04 bits per heavy atom. The van der Waals surface area contributed by atoms with Crippen molar-refractivity contribution in [3.63, 3.8) is 0 Å².